The van der Waals surface area contributed by atoms with Crippen LogP contribution in [0.5, 0.6) is 5.75 Å². The quantitative estimate of drug-likeness (QED) is 0.777. The minimum Gasteiger partial charge on any atom is -0.508 e. The predicted octanol–water partition coefficient (Wildman–Crippen LogP) is 0.650. The summed E-state index contributed by atoms with van der Waals surface area (Å²) in [7, 11) is 3.06. The number of nitrogens with zero attached hydrogens (tertiary/aromatic N) is 1. The number of aromatic hydroxyl groups is 1. The first-order chi connectivity index (χ1) is 10.8. The Hall–Kier alpha value is -2.12. The summed E-state index contributed by atoms with van der Waals surface area (Å²) in [5.41, 5.74) is 0.987. The number of phenols is 1. The molecule has 1 aliphatic rings. The van der Waals surface area contributed by atoms with Crippen LogP contribution in [-0.4, -0.2) is 61.0 Å². The van der Waals surface area contributed by atoms with Gasteiger partial charge in [0, 0.05) is 19.8 Å². The number of carbonyl (C=O) groups is 2. The van der Waals surface area contributed by atoms with Gasteiger partial charge in [0.2, 0.25) is 11.7 Å². The fourth-order valence-corrected chi connectivity index (χ4v) is 2.40. The Balaban J connectivity index is 1.94. The van der Waals surface area contributed by atoms with Crippen molar-refractivity contribution in [3.8, 4) is 5.75 Å². The molecule has 0 saturated carbocycles. The molecule has 1 aliphatic heterocycles. The number of hydrogen-bond acceptors (Lipinski definition) is 5. The van der Waals surface area contributed by atoms with Gasteiger partial charge in [-0.2, -0.15) is 0 Å². The number of methoxy groups -OCH3 is 2. The smallest absolute Gasteiger partial charge is 0.252 e. The molecule has 7 nitrogen and oxygen atoms in total. The first-order valence-corrected chi connectivity index (χ1v) is 7.31. The van der Waals surface area contributed by atoms with Crippen LogP contribution in [0, 0.1) is 6.92 Å². The molecule has 0 spiro atoms. The molecular formula is C16H22N2O5. The second-order valence-corrected chi connectivity index (χ2v) is 5.71. The number of nitrogens with one attached hydrogen (secondary N) is 1. The first kappa shape index (κ1) is 17.2. The van der Waals surface area contributed by atoms with Gasteiger partial charge in [0.05, 0.1) is 13.1 Å². The van der Waals surface area contributed by atoms with E-state index in [4.69, 9.17) is 9.47 Å². The Morgan fingerprint density at radius 1 is 1.30 bits per heavy atom. The first-order valence-electron chi connectivity index (χ1n) is 7.31. The predicted molar refractivity (Wildman–Crippen MR) is 83.1 cm³/mol. The van der Waals surface area contributed by atoms with Crippen LogP contribution in [0.2, 0.25) is 0 Å². The van der Waals surface area contributed by atoms with Crippen molar-refractivity contribution in [2.75, 3.05) is 27.3 Å². The molecule has 0 aromatic heterocycles. The highest BCUT2D eigenvalue weighted by Crippen LogP contribution is 2.25. The van der Waals surface area contributed by atoms with Gasteiger partial charge in [-0.3, -0.25) is 9.59 Å². The van der Waals surface area contributed by atoms with Gasteiger partial charge in [-0.15, -0.1) is 0 Å². The van der Waals surface area contributed by atoms with Crippen molar-refractivity contribution >= 4 is 11.8 Å². The van der Waals surface area contributed by atoms with Crippen LogP contribution in [0.25, 0.3) is 0 Å². The van der Waals surface area contributed by atoms with E-state index in [2.05, 4.69) is 5.32 Å². The topological polar surface area (TPSA) is 88.1 Å². The fraction of sp³-hybridized carbons (Fsp3) is 0.500. The summed E-state index contributed by atoms with van der Waals surface area (Å²) in [6.07, 6.45) is 0. The molecule has 126 valence electrons. The zero-order chi connectivity index (χ0) is 17.2. The number of likely N-dealkylation sites (tertiary alicyclic amines) is 1. The Labute approximate surface area is 135 Å². The molecule has 1 atom stereocenters. The van der Waals surface area contributed by atoms with Crippen LogP contribution in [0.1, 0.15) is 22.8 Å². The lowest BCUT2D eigenvalue weighted by Gasteiger charge is -2.48. The van der Waals surface area contributed by atoms with E-state index in [0.29, 0.717) is 24.2 Å². The monoisotopic (exact) mass is 322 g/mol. The Kier molecular flexibility index (Phi) is 4.91. The summed E-state index contributed by atoms with van der Waals surface area (Å²) in [4.78, 5) is 26.0. The van der Waals surface area contributed by atoms with E-state index in [9.17, 15) is 14.7 Å². The zero-order valence-electron chi connectivity index (χ0n) is 13.8. The average molecular weight is 322 g/mol. The van der Waals surface area contributed by atoms with Crippen LogP contribution in [0.4, 0.5) is 0 Å². The van der Waals surface area contributed by atoms with Gasteiger partial charge in [-0.05, 0) is 31.5 Å². The van der Waals surface area contributed by atoms with Gasteiger partial charge in [-0.1, -0.05) is 6.07 Å². The van der Waals surface area contributed by atoms with E-state index in [1.54, 1.807) is 30.9 Å². The summed E-state index contributed by atoms with van der Waals surface area (Å²) in [5, 5.41) is 12.3. The Bertz CT molecular complexity index is 604. The molecule has 0 radical (unpaired) electrons. The van der Waals surface area contributed by atoms with Gasteiger partial charge in [0.1, 0.15) is 11.8 Å². The molecule has 23 heavy (non-hydrogen) atoms. The largest absolute Gasteiger partial charge is 0.508 e. The van der Waals surface area contributed by atoms with Crippen LogP contribution in [-0.2, 0) is 14.3 Å². The molecule has 7 heteroatoms. The van der Waals surface area contributed by atoms with E-state index >= 15 is 0 Å². The summed E-state index contributed by atoms with van der Waals surface area (Å²) in [6, 6.07) is 3.95. The number of aryl methyl sites for hydroxylation is 1. The maximum absolute atomic E-state index is 12.3. The molecule has 0 aliphatic carbocycles. The normalized spacial score (nSPS) is 17.3. The number of ether oxygens (including phenoxy) is 2. The lowest BCUT2D eigenvalue weighted by atomic mass is 10.1. The highest BCUT2D eigenvalue weighted by Gasteiger charge is 2.47. The highest BCUT2D eigenvalue weighted by atomic mass is 16.7. The van der Waals surface area contributed by atoms with Gasteiger partial charge in [-0.25, -0.2) is 0 Å². The number of phenolic OH excluding ortho intramolecular Hbond substituents is 1. The van der Waals surface area contributed by atoms with Crippen molar-refractivity contribution in [3.05, 3.63) is 29.3 Å². The molecule has 0 bridgehead atoms. The van der Waals surface area contributed by atoms with Crippen molar-refractivity contribution in [1.29, 1.82) is 0 Å². The number of benzene rings is 1. The van der Waals surface area contributed by atoms with E-state index in [1.807, 2.05) is 0 Å². The van der Waals surface area contributed by atoms with Crippen molar-refractivity contribution in [1.82, 2.24) is 10.2 Å². The maximum Gasteiger partial charge on any atom is 0.252 e. The average Bonchev–Trinajstić information content (AvgIpc) is 2.49. The van der Waals surface area contributed by atoms with Gasteiger partial charge in [0.15, 0.2) is 0 Å². The molecule has 1 aromatic rings. The fourth-order valence-electron chi connectivity index (χ4n) is 2.40. The Morgan fingerprint density at radius 2 is 1.91 bits per heavy atom. The molecule has 1 unspecified atom stereocenters. The third-order valence-electron chi connectivity index (χ3n) is 4.11. The molecule has 1 heterocycles. The number of rotatable bonds is 5. The molecule has 2 rings (SSSR count). The molecule has 1 fully saturated rings. The molecule has 2 N–H and O–H groups in total. The van der Waals surface area contributed by atoms with Crippen LogP contribution < -0.4 is 5.32 Å². The second-order valence-electron chi connectivity index (χ2n) is 5.71. The van der Waals surface area contributed by atoms with Gasteiger partial charge < -0.3 is 24.8 Å². The summed E-state index contributed by atoms with van der Waals surface area (Å²) in [5.74, 6) is -1.32. The zero-order valence-corrected chi connectivity index (χ0v) is 13.8. The van der Waals surface area contributed by atoms with Gasteiger partial charge >= 0.3 is 0 Å². The SMILES string of the molecule is COC1(OC)CN(C(=O)C(C)NC(=O)c2ccc(C)c(O)c2)C1. The van der Waals surface area contributed by atoms with Crippen molar-refractivity contribution in [2.45, 2.75) is 25.7 Å². The molecular weight excluding hydrogens is 300 g/mol. The van der Waals surface area contributed by atoms with Crippen molar-refractivity contribution < 1.29 is 24.2 Å². The number of hydrogen-bond donors (Lipinski definition) is 2. The lowest BCUT2D eigenvalue weighted by molar-refractivity contribution is -0.271. The van der Waals surface area contributed by atoms with Gasteiger partial charge in [0.25, 0.3) is 5.91 Å². The van der Waals surface area contributed by atoms with Crippen LogP contribution >= 0.6 is 0 Å². The molecule has 1 saturated heterocycles. The van der Waals surface area contributed by atoms with Crippen LogP contribution in [0.3, 0.4) is 0 Å². The van der Waals surface area contributed by atoms with Crippen molar-refractivity contribution in [3.63, 3.8) is 0 Å². The molecule has 1 aromatic carbocycles. The van der Waals surface area contributed by atoms with E-state index < -0.39 is 17.7 Å². The third kappa shape index (κ3) is 3.46. The highest BCUT2D eigenvalue weighted by molar-refractivity contribution is 5.97. The number of amides is 2. The van der Waals surface area contributed by atoms with Crippen molar-refractivity contribution in [2.24, 2.45) is 0 Å². The van der Waals surface area contributed by atoms with E-state index in [0.717, 1.165) is 0 Å². The lowest BCUT2D eigenvalue weighted by Crippen LogP contribution is -2.67. The molecule has 2 amide bonds. The maximum atomic E-state index is 12.3. The second kappa shape index (κ2) is 6.55. The van der Waals surface area contributed by atoms with E-state index in [1.165, 1.54) is 20.3 Å². The Morgan fingerprint density at radius 3 is 2.43 bits per heavy atom. The van der Waals surface area contributed by atoms with E-state index in [-0.39, 0.29) is 11.7 Å². The van der Waals surface area contributed by atoms with Crippen LogP contribution in [0.15, 0.2) is 18.2 Å². The summed E-state index contributed by atoms with van der Waals surface area (Å²) in [6.45, 7) is 4.01. The minimum atomic E-state index is -0.748. The number of carbonyl (C=O) groups excluding carboxylic acids is 2. The summed E-state index contributed by atoms with van der Waals surface area (Å²) >= 11 is 0. The third-order valence-corrected chi connectivity index (χ3v) is 4.11. The summed E-state index contributed by atoms with van der Waals surface area (Å²) < 4.78 is 10.5. The minimum absolute atomic E-state index is 0.0457. The standard InChI is InChI=1S/C16H22N2O5/c1-10-5-6-12(7-13(10)19)14(20)17-11(2)15(21)18-8-16(9-18,22-3)23-4/h5-7,11,19H,8-9H2,1-4H3,(H,17,20).